The van der Waals surface area contributed by atoms with Crippen LogP contribution in [0.5, 0.6) is 0 Å². The molecule has 0 saturated carbocycles. The van der Waals surface area contributed by atoms with Gasteiger partial charge in [-0.3, -0.25) is 24.2 Å². The number of nitrogens with one attached hydrogen (secondary N) is 2. The van der Waals surface area contributed by atoms with Gasteiger partial charge < -0.3 is 10.6 Å². The Morgan fingerprint density at radius 1 is 1.00 bits per heavy atom. The monoisotopic (exact) mass is 692 g/mol. The number of aromatic nitrogens is 2. The summed E-state index contributed by atoms with van der Waals surface area (Å²) >= 11 is 0. The highest BCUT2D eigenvalue weighted by molar-refractivity contribution is 6.05. The number of hydrogen-bond acceptors (Lipinski definition) is 5. The van der Waals surface area contributed by atoms with Crippen LogP contribution in [-0.4, -0.2) is 70.5 Å². The zero-order chi connectivity index (χ0) is 35.8. The molecule has 14 heteroatoms. The van der Waals surface area contributed by atoms with Crippen molar-refractivity contribution in [2.24, 2.45) is 0 Å². The number of likely N-dealkylation sites (tertiary alicyclic amines) is 1. The number of alkyl halides is 5. The molecule has 0 aliphatic carbocycles. The molecule has 3 heterocycles. The number of hydrogen-bond donors (Lipinski definition) is 2. The standard InChI is InChI=1S/C36H33F5N6O3/c1-3-46-33-28(18-43-47(33)27-13-5-4-6-14-27)29(30(34(46)50)44-32(49)25-11-8-12-26(16-25)36(39,40)41)24-10-7-9-23(15-24)17-42-31(48)22(2)19-45-20-35(37,38)21-45/h4-16,18,29-30H,2-3,17,19-21H2,1H3,(H,42,48)(H,44,49)/t29-,30+/m1/s1. The van der Waals surface area contributed by atoms with Gasteiger partial charge in [0.2, 0.25) is 5.91 Å². The summed E-state index contributed by atoms with van der Waals surface area (Å²) in [6.07, 6.45) is -3.07. The number of benzene rings is 3. The molecule has 0 spiro atoms. The van der Waals surface area contributed by atoms with E-state index in [-0.39, 0.29) is 30.8 Å². The number of halogens is 5. The summed E-state index contributed by atoms with van der Waals surface area (Å²) in [7, 11) is 0. The number of fused-ring (bicyclic) bond motifs is 1. The van der Waals surface area contributed by atoms with Gasteiger partial charge in [-0.15, -0.1) is 0 Å². The fraction of sp³-hybridized carbons (Fsp3) is 0.278. The summed E-state index contributed by atoms with van der Waals surface area (Å²) in [4.78, 5) is 43.4. The molecule has 3 aromatic carbocycles. The van der Waals surface area contributed by atoms with E-state index in [4.69, 9.17) is 0 Å². The minimum atomic E-state index is -4.68. The molecule has 1 fully saturated rings. The first-order valence-corrected chi connectivity index (χ1v) is 15.8. The predicted octanol–water partition coefficient (Wildman–Crippen LogP) is 5.31. The van der Waals surface area contributed by atoms with Crippen molar-refractivity contribution in [2.75, 3.05) is 31.1 Å². The molecule has 1 saturated heterocycles. The molecule has 0 radical (unpaired) electrons. The largest absolute Gasteiger partial charge is 0.416 e. The molecule has 2 atom stereocenters. The summed E-state index contributed by atoms with van der Waals surface area (Å²) < 4.78 is 68.5. The van der Waals surface area contributed by atoms with Crippen molar-refractivity contribution in [3.05, 3.63) is 125 Å². The lowest BCUT2D eigenvalue weighted by Crippen LogP contribution is -2.56. The van der Waals surface area contributed by atoms with Crippen molar-refractivity contribution in [3.8, 4) is 5.69 Å². The van der Waals surface area contributed by atoms with Crippen LogP contribution in [0.1, 0.15) is 45.5 Å². The molecule has 3 amide bonds. The van der Waals surface area contributed by atoms with Gasteiger partial charge in [0.25, 0.3) is 17.7 Å². The quantitative estimate of drug-likeness (QED) is 0.174. The lowest BCUT2D eigenvalue weighted by molar-refractivity contribution is -0.137. The van der Waals surface area contributed by atoms with Gasteiger partial charge in [0, 0.05) is 42.3 Å². The Labute approximate surface area is 284 Å². The molecule has 260 valence electrons. The van der Waals surface area contributed by atoms with E-state index < -0.39 is 60.4 Å². The summed E-state index contributed by atoms with van der Waals surface area (Å²) in [6.45, 7) is 4.87. The van der Waals surface area contributed by atoms with Gasteiger partial charge in [0.1, 0.15) is 11.9 Å². The van der Waals surface area contributed by atoms with Crippen LogP contribution in [0, 0.1) is 0 Å². The van der Waals surface area contributed by atoms with Gasteiger partial charge in [0.05, 0.1) is 30.5 Å². The third-order valence-corrected chi connectivity index (χ3v) is 8.69. The van der Waals surface area contributed by atoms with Crippen LogP contribution in [0.15, 0.2) is 97.2 Å². The van der Waals surface area contributed by atoms with Crippen LogP contribution in [0.2, 0.25) is 0 Å². The van der Waals surface area contributed by atoms with E-state index in [2.05, 4.69) is 22.3 Å². The Hall–Kier alpha value is -5.37. The van der Waals surface area contributed by atoms with Crippen molar-refractivity contribution >= 4 is 23.5 Å². The number of rotatable bonds is 10. The van der Waals surface area contributed by atoms with Crippen molar-refractivity contribution in [1.29, 1.82) is 0 Å². The number of carbonyl (C=O) groups excluding carboxylic acids is 3. The average molecular weight is 693 g/mol. The molecule has 2 N–H and O–H groups in total. The average Bonchev–Trinajstić information content (AvgIpc) is 3.51. The van der Waals surface area contributed by atoms with Crippen LogP contribution in [-0.2, 0) is 22.3 Å². The molecule has 0 unspecified atom stereocenters. The second kappa shape index (κ2) is 13.5. The first-order chi connectivity index (χ1) is 23.8. The number of nitrogens with zero attached hydrogens (tertiary/aromatic N) is 4. The van der Waals surface area contributed by atoms with Crippen LogP contribution in [0.4, 0.5) is 27.8 Å². The fourth-order valence-corrected chi connectivity index (χ4v) is 6.35. The molecule has 50 heavy (non-hydrogen) atoms. The molecule has 6 rings (SSSR count). The highest BCUT2D eigenvalue weighted by Crippen LogP contribution is 2.42. The van der Waals surface area contributed by atoms with E-state index in [1.54, 1.807) is 42.1 Å². The third-order valence-electron chi connectivity index (χ3n) is 8.69. The zero-order valence-corrected chi connectivity index (χ0v) is 26.9. The van der Waals surface area contributed by atoms with Crippen molar-refractivity contribution in [2.45, 2.75) is 37.5 Å². The number of carbonyl (C=O) groups is 3. The Bertz CT molecular complexity index is 1940. The number of para-hydroxylation sites is 1. The maximum Gasteiger partial charge on any atom is 0.416 e. The van der Waals surface area contributed by atoms with E-state index in [1.807, 2.05) is 30.3 Å². The molecule has 0 bridgehead atoms. The number of likely N-dealkylation sites (N-methyl/N-ethyl adjacent to an activating group) is 1. The van der Waals surface area contributed by atoms with E-state index in [0.29, 0.717) is 28.2 Å². The second-order valence-corrected chi connectivity index (χ2v) is 12.3. The molecule has 4 aromatic rings. The summed E-state index contributed by atoms with van der Waals surface area (Å²) in [5.74, 6) is -4.98. The fourth-order valence-electron chi connectivity index (χ4n) is 6.35. The maximum absolute atomic E-state index is 14.3. The lowest BCUT2D eigenvalue weighted by Gasteiger charge is -2.38. The molecule has 9 nitrogen and oxygen atoms in total. The predicted molar refractivity (Wildman–Crippen MR) is 175 cm³/mol. The Balaban J connectivity index is 1.32. The third kappa shape index (κ3) is 7.01. The minimum absolute atomic E-state index is 0.00101. The normalized spacial score (nSPS) is 18.6. The highest BCUT2D eigenvalue weighted by Gasteiger charge is 2.45. The van der Waals surface area contributed by atoms with Crippen molar-refractivity contribution < 1.29 is 36.3 Å². The van der Waals surface area contributed by atoms with Crippen LogP contribution in [0.3, 0.4) is 0 Å². The lowest BCUT2D eigenvalue weighted by atomic mass is 9.81. The minimum Gasteiger partial charge on any atom is -0.348 e. The summed E-state index contributed by atoms with van der Waals surface area (Å²) in [5, 5.41) is 10.1. The molecular weight excluding hydrogens is 659 g/mol. The van der Waals surface area contributed by atoms with Crippen molar-refractivity contribution in [3.63, 3.8) is 0 Å². The van der Waals surface area contributed by atoms with E-state index >= 15 is 0 Å². The van der Waals surface area contributed by atoms with Gasteiger partial charge in [0.15, 0.2) is 0 Å². The topological polar surface area (TPSA) is 99.6 Å². The Kier molecular flexibility index (Phi) is 9.31. The summed E-state index contributed by atoms with van der Waals surface area (Å²) in [6, 6.07) is 18.8. The highest BCUT2D eigenvalue weighted by atomic mass is 19.4. The van der Waals surface area contributed by atoms with Crippen LogP contribution < -0.4 is 15.5 Å². The number of amides is 3. The summed E-state index contributed by atoms with van der Waals surface area (Å²) in [5.41, 5.74) is 1.34. The van der Waals surface area contributed by atoms with E-state index in [0.717, 1.165) is 18.2 Å². The number of anilines is 1. The first kappa shape index (κ1) is 34.5. The molecule has 2 aliphatic rings. The second-order valence-electron chi connectivity index (χ2n) is 12.3. The van der Waals surface area contributed by atoms with Gasteiger partial charge in [-0.1, -0.05) is 55.1 Å². The van der Waals surface area contributed by atoms with E-state index in [9.17, 15) is 36.3 Å². The Morgan fingerprint density at radius 3 is 2.40 bits per heavy atom. The Morgan fingerprint density at radius 2 is 1.72 bits per heavy atom. The molecule has 2 aliphatic heterocycles. The van der Waals surface area contributed by atoms with Crippen molar-refractivity contribution in [1.82, 2.24) is 25.3 Å². The molecule has 1 aromatic heterocycles. The van der Waals surface area contributed by atoms with Crippen LogP contribution in [0.25, 0.3) is 5.69 Å². The van der Waals surface area contributed by atoms with E-state index in [1.165, 1.54) is 15.9 Å². The van der Waals surface area contributed by atoms with Crippen LogP contribution >= 0.6 is 0 Å². The van der Waals surface area contributed by atoms with Gasteiger partial charge in [-0.25, -0.2) is 13.5 Å². The van der Waals surface area contributed by atoms with Gasteiger partial charge in [-0.2, -0.15) is 18.3 Å². The zero-order valence-electron chi connectivity index (χ0n) is 26.9. The smallest absolute Gasteiger partial charge is 0.348 e. The first-order valence-electron chi connectivity index (χ1n) is 15.8. The maximum atomic E-state index is 14.3. The van der Waals surface area contributed by atoms with Gasteiger partial charge >= 0.3 is 6.18 Å². The SMILES string of the molecule is C=C(CN1CC(F)(F)C1)C(=O)NCc1cccc([C@@H]2c3cnn(-c4ccccc4)c3N(CC)C(=O)[C@H]2NC(=O)c2cccc(C(F)(F)F)c2)c1. The molecular formula is C36H33F5N6O3. The van der Waals surface area contributed by atoms with Gasteiger partial charge in [-0.05, 0) is 48.4 Å².